The Kier molecular flexibility index (Phi) is 5.69. The van der Waals surface area contributed by atoms with Crippen molar-refractivity contribution in [1.29, 1.82) is 0 Å². The molecule has 27 heavy (non-hydrogen) atoms. The summed E-state index contributed by atoms with van der Waals surface area (Å²) in [5.74, 6) is 0.749. The second kappa shape index (κ2) is 8.36. The van der Waals surface area contributed by atoms with Crippen molar-refractivity contribution in [2.75, 3.05) is 11.4 Å². The Bertz CT molecular complexity index is 877. The van der Waals surface area contributed by atoms with Crippen LogP contribution in [0.25, 0.3) is 11.3 Å². The van der Waals surface area contributed by atoms with Crippen LogP contribution in [0.5, 0.6) is 0 Å². The number of thiophene rings is 1. The van der Waals surface area contributed by atoms with Crippen LogP contribution in [0, 0.1) is 0 Å². The molecule has 0 bridgehead atoms. The summed E-state index contributed by atoms with van der Waals surface area (Å²) < 4.78 is 0. The molecular formula is C22H24N2OS2. The van der Waals surface area contributed by atoms with Crippen molar-refractivity contribution in [3.63, 3.8) is 0 Å². The highest BCUT2D eigenvalue weighted by Gasteiger charge is 2.20. The van der Waals surface area contributed by atoms with Crippen molar-refractivity contribution >= 4 is 33.7 Å². The molecule has 1 aromatic carbocycles. The third kappa shape index (κ3) is 3.99. The first-order valence-corrected chi connectivity index (χ1v) is 11.4. The van der Waals surface area contributed by atoms with Gasteiger partial charge in [-0.2, -0.15) is 0 Å². The van der Waals surface area contributed by atoms with Crippen molar-refractivity contribution in [2.24, 2.45) is 0 Å². The summed E-state index contributed by atoms with van der Waals surface area (Å²) in [6.45, 7) is 2.61. The van der Waals surface area contributed by atoms with Crippen LogP contribution in [-0.4, -0.2) is 17.4 Å². The van der Waals surface area contributed by atoms with Gasteiger partial charge in [-0.1, -0.05) is 49.6 Å². The third-order valence-electron chi connectivity index (χ3n) is 5.30. The maximum Gasteiger partial charge on any atom is 0.270 e. The first kappa shape index (κ1) is 18.4. The van der Waals surface area contributed by atoms with E-state index in [2.05, 4.69) is 29.6 Å². The molecule has 1 aliphatic carbocycles. The standard InChI is InChI=1S/C22H24N2OS2/c1-2-24(21(25)20-9-6-14-26-20)22-23-19(15-27-22)18-12-10-17(11-13-18)16-7-4-3-5-8-16/h6,9-16H,2-5,7-8H2,1H3. The van der Waals surface area contributed by atoms with Gasteiger partial charge in [0, 0.05) is 17.5 Å². The Morgan fingerprint density at radius 2 is 1.89 bits per heavy atom. The van der Waals surface area contributed by atoms with E-state index in [-0.39, 0.29) is 5.91 Å². The monoisotopic (exact) mass is 396 g/mol. The molecule has 3 aromatic rings. The van der Waals surface area contributed by atoms with E-state index in [0.717, 1.165) is 27.2 Å². The summed E-state index contributed by atoms with van der Waals surface area (Å²) in [4.78, 5) is 20.0. The van der Waals surface area contributed by atoms with Crippen LogP contribution < -0.4 is 4.90 Å². The Balaban J connectivity index is 1.52. The Hall–Kier alpha value is -1.98. The van der Waals surface area contributed by atoms with Gasteiger partial charge in [0.05, 0.1) is 10.6 Å². The number of carbonyl (C=O) groups excluding carboxylic acids is 1. The number of rotatable bonds is 5. The fourth-order valence-electron chi connectivity index (χ4n) is 3.78. The summed E-state index contributed by atoms with van der Waals surface area (Å²) in [7, 11) is 0. The summed E-state index contributed by atoms with van der Waals surface area (Å²) in [5, 5.41) is 4.75. The van der Waals surface area contributed by atoms with E-state index in [4.69, 9.17) is 4.98 Å². The zero-order chi connectivity index (χ0) is 18.6. The number of hydrogen-bond acceptors (Lipinski definition) is 4. The van der Waals surface area contributed by atoms with Gasteiger partial charge in [0.2, 0.25) is 0 Å². The molecule has 0 saturated heterocycles. The third-order valence-corrected chi connectivity index (χ3v) is 7.02. The van der Waals surface area contributed by atoms with E-state index in [1.165, 1.54) is 60.3 Å². The summed E-state index contributed by atoms with van der Waals surface area (Å²) in [5.41, 5.74) is 3.52. The van der Waals surface area contributed by atoms with Crippen molar-refractivity contribution < 1.29 is 4.79 Å². The SMILES string of the molecule is CCN(C(=O)c1cccs1)c1nc(-c2ccc(C3CCCCC3)cc2)cs1. The van der Waals surface area contributed by atoms with Gasteiger partial charge in [0.15, 0.2) is 5.13 Å². The van der Waals surface area contributed by atoms with Crippen LogP contribution in [0.4, 0.5) is 5.13 Å². The Labute approximate surface area is 168 Å². The van der Waals surface area contributed by atoms with E-state index in [1.807, 2.05) is 24.4 Å². The largest absolute Gasteiger partial charge is 0.284 e. The van der Waals surface area contributed by atoms with Crippen LogP contribution in [-0.2, 0) is 0 Å². The lowest BCUT2D eigenvalue weighted by atomic mass is 9.84. The number of hydrogen-bond donors (Lipinski definition) is 0. The predicted molar refractivity (Wildman–Crippen MR) is 115 cm³/mol. The first-order chi connectivity index (χ1) is 13.3. The van der Waals surface area contributed by atoms with Crippen molar-refractivity contribution in [1.82, 2.24) is 4.98 Å². The van der Waals surface area contributed by atoms with Gasteiger partial charge in [-0.05, 0) is 42.7 Å². The highest BCUT2D eigenvalue weighted by Crippen LogP contribution is 2.34. The molecule has 1 aliphatic rings. The number of anilines is 1. The summed E-state index contributed by atoms with van der Waals surface area (Å²) in [6, 6.07) is 12.7. The second-order valence-electron chi connectivity index (χ2n) is 7.00. The zero-order valence-corrected chi connectivity index (χ0v) is 17.2. The van der Waals surface area contributed by atoms with Gasteiger partial charge in [-0.15, -0.1) is 22.7 Å². The van der Waals surface area contributed by atoms with E-state index < -0.39 is 0 Å². The Morgan fingerprint density at radius 3 is 2.56 bits per heavy atom. The van der Waals surface area contributed by atoms with Crippen LogP contribution in [0.2, 0.25) is 0 Å². The average Bonchev–Trinajstić information content (AvgIpc) is 3.42. The van der Waals surface area contributed by atoms with Crippen molar-refractivity contribution in [2.45, 2.75) is 44.9 Å². The molecule has 4 rings (SSSR count). The normalized spacial score (nSPS) is 15.0. The minimum Gasteiger partial charge on any atom is -0.284 e. The van der Waals surface area contributed by atoms with Gasteiger partial charge in [-0.25, -0.2) is 4.98 Å². The number of benzene rings is 1. The van der Waals surface area contributed by atoms with Crippen molar-refractivity contribution in [3.05, 3.63) is 57.6 Å². The lowest BCUT2D eigenvalue weighted by Gasteiger charge is -2.22. The lowest BCUT2D eigenvalue weighted by molar-refractivity contribution is 0.0992. The molecule has 0 aliphatic heterocycles. The molecule has 1 saturated carbocycles. The van der Waals surface area contributed by atoms with Crippen molar-refractivity contribution in [3.8, 4) is 11.3 Å². The fourth-order valence-corrected chi connectivity index (χ4v) is 5.35. The Morgan fingerprint density at radius 1 is 1.11 bits per heavy atom. The zero-order valence-electron chi connectivity index (χ0n) is 15.6. The molecule has 5 heteroatoms. The van der Waals surface area contributed by atoms with Crippen LogP contribution in [0.1, 0.15) is 60.2 Å². The quantitative estimate of drug-likeness (QED) is 0.487. The molecule has 1 amide bonds. The first-order valence-electron chi connectivity index (χ1n) is 9.67. The summed E-state index contributed by atoms with van der Waals surface area (Å²) in [6.07, 6.45) is 6.72. The fraction of sp³-hybridized carbons (Fsp3) is 0.364. The minimum absolute atomic E-state index is 0.0287. The van der Waals surface area contributed by atoms with Gasteiger partial charge >= 0.3 is 0 Å². The highest BCUT2D eigenvalue weighted by molar-refractivity contribution is 7.14. The maximum atomic E-state index is 12.7. The van der Waals surface area contributed by atoms with E-state index in [9.17, 15) is 4.79 Å². The molecule has 3 nitrogen and oxygen atoms in total. The number of amides is 1. The molecule has 0 N–H and O–H groups in total. The number of carbonyl (C=O) groups is 1. The van der Waals surface area contributed by atoms with Crippen LogP contribution >= 0.6 is 22.7 Å². The molecule has 0 radical (unpaired) electrons. The van der Waals surface area contributed by atoms with Crippen LogP contribution in [0.3, 0.4) is 0 Å². The van der Waals surface area contributed by atoms with Gasteiger partial charge in [0.25, 0.3) is 5.91 Å². The second-order valence-corrected chi connectivity index (χ2v) is 8.78. The molecule has 0 atom stereocenters. The highest BCUT2D eigenvalue weighted by atomic mass is 32.1. The molecule has 2 aromatic heterocycles. The molecule has 0 unspecified atom stereocenters. The average molecular weight is 397 g/mol. The van der Waals surface area contributed by atoms with Gasteiger partial charge in [-0.3, -0.25) is 9.69 Å². The topological polar surface area (TPSA) is 33.2 Å². The molecule has 1 fully saturated rings. The number of nitrogens with zero attached hydrogens (tertiary/aromatic N) is 2. The molecular weight excluding hydrogens is 372 g/mol. The van der Waals surface area contributed by atoms with E-state index in [0.29, 0.717) is 6.54 Å². The number of aromatic nitrogens is 1. The molecule has 2 heterocycles. The van der Waals surface area contributed by atoms with E-state index >= 15 is 0 Å². The number of thiazole rings is 1. The lowest BCUT2D eigenvalue weighted by Crippen LogP contribution is -2.29. The maximum absolute atomic E-state index is 12.7. The van der Waals surface area contributed by atoms with Crippen LogP contribution in [0.15, 0.2) is 47.2 Å². The molecule has 0 spiro atoms. The van der Waals surface area contributed by atoms with Gasteiger partial charge in [0.1, 0.15) is 0 Å². The van der Waals surface area contributed by atoms with Gasteiger partial charge < -0.3 is 0 Å². The summed E-state index contributed by atoms with van der Waals surface area (Å²) >= 11 is 3.01. The smallest absolute Gasteiger partial charge is 0.270 e. The predicted octanol–water partition coefficient (Wildman–Crippen LogP) is 6.59. The molecule has 140 valence electrons. The minimum atomic E-state index is 0.0287. The van der Waals surface area contributed by atoms with E-state index in [1.54, 1.807) is 4.90 Å².